The molecular formula is C17H17N7OS2. The van der Waals surface area contributed by atoms with Gasteiger partial charge in [0.1, 0.15) is 0 Å². The van der Waals surface area contributed by atoms with E-state index in [1.54, 1.807) is 35.5 Å². The van der Waals surface area contributed by atoms with E-state index in [0.717, 1.165) is 31.6 Å². The molecule has 0 saturated heterocycles. The minimum absolute atomic E-state index is 0.275. The Morgan fingerprint density at radius 3 is 3.00 bits per heavy atom. The Balaban J connectivity index is 1.62. The lowest BCUT2D eigenvalue weighted by Gasteiger charge is -2.08. The normalized spacial score (nSPS) is 11.8. The fraction of sp³-hybridized carbons (Fsp3) is 0.235. The number of fused-ring (bicyclic) bond motifs is 2. The third-order valence-corrected chi connectivity index (χ3v) is 6.35. The van der Waals surface area contributed by atoms with Crippen molar-refractivity contribution in [2.24, 2.45) is 12.1 Å². The van der Waals surface area contributed by atoms with Crippen molar-refractivity contribution in [3.63, 3.8) is 0 Å². The number of hydrazone groups is 1. The molecule has 0 unspecified atom stereocenters. The quantitative estimate of drug-likeness (QED) is 0.216. The summed E-state index contributed by atoms with van der Waals surface area (Å²) in [6, 6.07) is 1.83. The van der Waals surface area contributed by atoms with E-state index < -0.39 is 0 Å². The highest BCUT2D eigenvalue weighted by Gasteiger charge is 2.16. The number of imidazole rings is 1. The van der Waals surface area contributed by atoms with E-state index in [-0.39, 0.29) is 6.54 Å². The molecule has 4 aromatic heterocycles. The molecule has 27 heavy (non-hydrogen) atoms. The van der Waals surface area contributed by atoms with Crippen LogP contribution in [0.4, 0.5) is 0 Å². The van der Waals surface area contributed by atoms with Crippen LogP contribution in [-0.2, 0) is 18.4 Å². The molecule has 0 aliphatic carbocycles. The van der Waals surface area contributed by atoms with E-state index in [9.17, 15) is 4.79 Å². The molecule has 1 amide bonds. The van der Waals surface area contributed by atoms with Crippen LogP contribution in [0.25, 0.3) is 16.1 Å². The Kier molecular flexibility index (Phi) is 4.66. The minimum atomic E-state index is 0.275. The van der Waals surface area contributed by atoms with Gasteiger partial charge in [0.2, 0.25) is 12.2 Å². The summed E-state index contributed by atoms with van der Waals surface area (Å²) in [6.45, 7) is 2.30. The number of thiazole rings is 1. The van der Waals surface area contributed by atoms with Crippen molar-refractivity contribution < 1.29 is 4.79 Å². The molecule has 0 aliphatic heterocycles. The number of rotatable bonds is 6. The fourth-order valence-electron chi connectivity index (χ4n) is 2.80. The fourth-order valence-corrected chi connectivity index (χ4v) is 4.45. The highest BCUT2D eigenvalue weighted by Crippen LogP contribution is 2.33. The van der Waals surface area contributed by atoms with Gasteiger partial charge in [-0.2, -0.15) is 5.10 Å². The van der Waals surface area contributed by atoms with E-state index in [0.29, 0.717) is 12.2 Å². The van der Waals surface area contributed by atoms with Gasteiger partial charge in [-0.25, -0.2) is 20.0 Å². The van der Waals surface area contributed by atoms with Crippen molar-refractivity contribution in [1.29, 1.82) is 0 Å². The number of aromatic nitrogens is 5. The smallest absolute Gasteiger partial charge is 0.233 e. The second-order valence-electron chi connectivity index (χ2n) is 5.90. The van der Waals surface area contributed by atoms with Crippen LogP contribution in [-0.4, -0.2) is 47.8 Å². The van der Waals surface area contributed by atoms with Gasteiger partial charge in [0.15, 0.2) is 9.99 Å². The first-order chi connectivity index (χ1) is 13.1. The van der Waals surface area contributed by atoms with Gasteiger partial charge in [0, 0.05) is 36.9 Å². The van der Waals surface area contributed by atoms with Crippen LogP contribution >= 0.6 is 23.1 Å². The van der Waals surface area contributed by atoms with Gasteiger partial charge in [-0.15, -0.1) is 11.3 Å². The van der Waals surface area contributed by atoms with Gasteiger partial charge in [0.25, 0.3) is 0 Å². The Labute approximate surface area is 163 Å². The van der Waals surface area contributed by atoms with Crippen molar-refractivity contribution in [3.8, 4) is 0 Å². The lowest BCUT2D eigenvalue weighted by Crippen LogP contribution is -2.15. The Bertz CT molecular complexity index is 1120. The molecular weight excluding hydrogens is 382 g/mol. The Morgan fingerprint density at radius 1 is 1.41 bits per heavy atom. The van der Waals surface area contributed by atoms with Crippen molar-refractivity contribution in [2.75, 3.05) is 6.26 Å². The third kappa shape index (κ3) is 3.21. The molecule has 0 fully saturated rings. The number of carbonyl (C=O) groups excluding carboxylic acids is 1. The summed E-state index contributed by atoms with van der Waals surface area (Å²) in [5, 5.41) is 5.70. The highest BCUT2D eigenvalue weighted by molar-refractivity contribution is 8.00. The van der Waals surface area contributed by atoms with Crippen LogP contribution in [0.1, 0.15) is 17.0 Å². The molecule has 138 valence electrons. The van der Waals surface area contributed by atoms with Gasteiger partial charge in [-0.05, 0) is 19.2 Å². The van der Waals surface area contributed by atoms with Crippen LogP contribution in [0.15, 0.2) is 34.1 Å². The van der Waals surface area contributed by atoms with E-state index in [2.05, 4.69) is 20.1 Å². The van der Waals surface area contributed by atoms with Crippen LogP contribution in [0.3, 0.4) is 0 Å². The van der Waals surface area contributed by atoms with Crippen molar-refractivity contribution >= 4 is 51.8 Å². The number of hydrogen-bond acceptors (Lipinski definition) is 7. The molecule has 8 nitrogen and oxygen atoms in total. The predicted molar refractivity (Wildman–Crippen MR) is 107 cm³/mol. The molecule has 0 saturated carbocycles. The first-order valence-corrected chi connectivity index (χ1v) is 10.2. The molecule has 0 bridgehead atoms. The number of aryl methyl sites for hydroxylation is 1. The van der Waals surface area contributed by atoms with Gasteiger partial charge in [-0.3, -0.25) is 9.20 Å². The average molecular weight is 400 g/mol. The Hall–Kier alpha value is -2.72. The summed E-state index contributed by atoms with van der Waals surface area (Å²) in [7, 11) is 1.99. The van der Waals surface area contributed by atoms with Crippen molar-refractivity contribution in [2.45, 2.75) is 17.8 Å². The van der Waals surface area contributed by atoms with Crippen molar-refractivity contribution in [3.05, 3.63) is 41.6 Å². The summed E-state index contributed by atoms with van der Waals surface area (Å²) in [4.78, 5) is 24.7. The number of nitrogens with zero attached hydrogens (tertiary/aromatic N) is 7. The van der Waals surface area contributed by atoms with Crippen LogP contribution < -0.4 is 0 Å². The maximum Gasteiger partial charge on any atom is 0.233 e. The van der Waals surface area contributed by atoms with Gasteiger partial charge >= 0.3 is 0 Å². The van der Waals surface area contributed by atoms with E-state index in [4.69, 9.17) is 0 Å². The molecule has 0 spiro atoms. The zero-order valence-electron chi connectivity index (χ0n) is 15.0. The lowest BCUT2D eigenvalue weighted by atomic mass is 10.3. The van der Waals surface area contributed by atoms with Crippen LogP contribution in [0.5, 0.6) is 0 Å². The predicted octanol–water partition coefficient (Wildman–Crippen LogP) is 2.70. The molecule has 4 rings (SSSR count). The van der Waals surface area contributed by atoms with E-state index >= 15 is 0 Å². The first-order valence-electron chi connectivity index (χ1n) is 8.15. The highest BCUT2D eigenvalue weighted by atomic mass is 32.2. The van der Waals surface area contributed by atoms with E-state index in [1.807, 2.05) is 47.7 Å². The second-order valence-corrected chi connectivity index (χ2v) is 7.95. The SMILES string of the molecule is CSc1nc2c(s1)c(/C=N\N(C=O)Cc1cn3cccnc3n1)c(C)n2C. The van der Waals surface area contributed by atoms with Gasteiger partial charge in [0.05, 0.1) is 23.2 Å². The van der Waals surface area contributed by atoms with Gasteiger partial charge in [-0.1, -0.05) is 11.8 Å². The number of thioether (sulfide) groups is 1. The molecule has 10 heteroatoms. The maximum absolute atomic E-state index is 11.5. The van der Waals surface area contributed by atoms with Crippen LogP contribution in [0, 0.1) is 6.92 Å². The number of hydrogen-bond donors (Lipinski definition) is 0. The molecule has 4 heterocycles. The monoisotopic (exact) mass is 399 g/mol. The molecule has 4 aromatic rings. The summed E-state index contributed by atoms with van der Waals surface area (Å²) < 4.78 is 5.95. The number of amides is 1. The maximum atomic E-state index is 11.5. The largest absolute Gasteiger partial charge is 0.332 e. The molecule has 0 atom stereocenters. The topological polar surface area (TPSA) is 80.7 Å². The van der Waals surface area contributed by atoms with Gasteiger partial charge < -0.3 is 4.57 Å². The summed E-state index contributed by atoms with van der Waals surface area (Å²) in [5.41, 5.74) is 3.69. The van der Waals surface area contributed by atoms with E-state index in [1.165, 1.54) is 5.01 Å². The van der Waals surface area contributed by atoms with Crippen molar-refractivity contribution in [1.82, 2.24) is 28.9 Å². The molecule has 0 aliphatic rings. The summed E-state index contributed by atoms with van der Waals surface area (Å²) in [6.07, 6.45) is 9.82. The average Bonchev–Trinajstić information content (AvgIpc) is 3.34. The minimum Gasteiger partial charge on any atom is -0.332 e. The Morgan fingerprint density at radius 2 is 2.26 bits per heavy atom. The first kappa shape index (κ1) is 17.7. The molecule has 0 N–H and O–H groups in total. The molecule has 0 radical (unpaired) electrons. The zero-order chi connectivity index (χ0) is 19.0. The summed E-state index contributed by atoms with van der Waals surface area (Å²) >= 11 is 3.26. The lowest BCUT2D eigenvalue weighted by molar-refractivity contribution is -0.118. The third-order valence-electron chi connectivity index (χ3n) is 4.29. The second kappa shape index (κ2) is 7.12. The summed E-state index contributed by atoms with van der Waals surface area (Å²) in [5.74, 6) is 0.595. The number of carbonyl (C=O) groups is 1. The zero-order valence-corrected chi connectivity index (χ0v) is 16.7. The van der Waals surface area contributed by atoms with Crippen LogP contribution in [0.2, 0.25) is 0 Å². The standard InChI is InChI=1S/C17H17N7OS2/c1-11-13(14-15(22(11)2)21-17(26-3)27-14)7-19-24(10-25)9-12-8-23-6-4-5-18-16(23)20-12/h4-8,10H,9H2,1-3H3/b19-7-. The molecule has 0 aromatic carbocycles.